The molecule has 5 aromatic rings. The fraction of sp³-hybridized carbons (Fsp3) is 0.333. The number of halogens is 1. The van der Waals surface area contributed by atoms with Crippen molar-refractivity contribution in [2.45, 2.75) is 50.2 Å². The van der Waals surface area contributed by atoms with Crippen LogP contribution in [0.1, 0.15) is 49.3 Å². The predicted molar refractivity (Wildman–Crippen MR) is 150 cm³/mol. The van der Waals surface area contributed by atoms with E-state index in [9.17, 15) is 5.11 Å². The van der Waals surface area contributed by atoms with Gasteiger partial charge in [0.1, 0.15) is 17.5 Å². The molecule has 0 unspecified atom stereocenters. The zero-order chi connectivity index (χ0) is 26.6. The van der Waals surface area contributed by atoms with Crippen LogP contribution in [-0.2, 0) is 13.6 Å². The Hall–Kier alpha value is -3.59. The molecule has 0 bridgehead atoms. The van der Waals surface area contributed by atoms with Gasteiger partial charge in [-0.1, -0.05) is 23.7 Å². The average Bonchev–Trinajstić information content (AvgIpc) is 3.55. The monoisotopic (exact) mass is 540 g/mol. The zero-order valence-corrected chi connectivity index (χ0v) is 22.4. The van der Waals surface area contributed by atoms with Crippen LogP contribution in [0.5, 0.6) is 0 Å². The molecule has 0 amide bonds. The third kappa shape index (κ3) is 4.84. The van der Waals surface area contributed by atoms with E-state index in [1.54, 1.807) is 6.33 Å². The summed E-state index contributed by atoms with van der Waals surface area (Å²) in [6, 6.07) is 16.1. The molecular weight excluding hydrogens is 512 g/mol. The van der Waals surface area contributed by atoms with Crippen LogP contribution in [0.25, 0.3) is 45.2 Å². The van der Waals surface area contributed by atoms with E-state index in [2.05, 4.69) is 21.6 Å². The molecule has 198 valence electrons. The zero-order valence-electron chi connectivity index (χ0n) is 21.7. The van der Waals surface area contributed by atoms with Gasteiger partial charge in [0.2, 0.25) is 5.89 Å². The van der Waals surface area contributed by atoms with Crippen LogP contribution in [-0.4, -0.2) is 42.0 Å². The van der Waals surface area contributed by atoms with E-state index in [-0.39, 0.29) is 0 Å². The molecule has 0 spiro atoms. The Kier molecular flexibility index (Phi) is 5.99. The molecule has 0 saturated heterocycles. The van der Waals surface area contributed by atoms with Crippen LogP contribution in [0.2, 0.25) is 5.02 Å². The van der Waals surface area contributed by atoms with Gasteiger partial charge in [-0.3, -0.25) is 0 Å². The van der Waals surface area contributed by atoms with Crippen LogP contribution in [0.15, 0.2) is 59.3 Å². The number of rotatable bonds is 8. The van der Waals surface area contributed by atoms with E-state index in [0.717, 1.165) is 77.0 Å². The summed E-state index contributed by atoms with van der Waals surface area (Å²) in [5.41, 5.74) is 6.73. The molecule has 0 aliphatic heterocycles. The average molecular weight is 541 g/mol. The molecule has 2 fully saturated rings. The second kappa shape index (κ2) is 9.55. The summed E-state index contributed by atoms with van der Waals surface area (Å²) in [6.45, 7) is 1.28. The van der Waals surface area contributed by atoms with Gasteiger partial charge in [-0.2, -0.15) is 0 Å². The molecule has 39 heavy (non-hydrogen) atoms. The lowest BCUT2D eigenvalue weighted by molar-refractivity contribution is -0.0314. The van der Waals surface area contributed by atoms with Gasteiger partial charge in [-0.25, -0.2) is 9.97 Å². The van der Waals surface area contributed by atoms with Crippen molar-refractivity contribution in [1.29, 1.82) is 0 Å². The highest BCUT2D eigenvalue weighted by Crippen LogP contribution is 2.43. The third-order valence-electron chi connectivity index (χ3n) is 7.82. The molecule has 3 aromatic heterocycles. The van der Waals surface area contributed by atoms with Crippen molar-refractivity contribution in [3.8, 4) is 34.1 Å². The summed E-state index contributed by atoms with van der Waals surface area (Å²) < 4.78 is 8.09. The number of aliphatic hydroxyl groups is 1. The van der Waals surface area contributed by atoms with E-state index < -0.39 is 5.60 Å². The fourth-order valence-electron chi connectivity index (χ4n) is 5.28. The van der Waals surface area contributed by atoms with Gasteiger partial charge in [0.15, 0.2) is 11.4 Å². The minimum atomic E-state index is -0.544. The lowest BCUT2D eigenvalue weighted by atomic mass is 9.80. The molecule has 8 nitrogen and oxygen atoms in total. The van der Waals surface area contributed by atoms with E-state index in [1.165, 1.54) is 0 Å². The molecule has 2 aliphatic rings. The summed E-state index contributed by atoms with van der Waals surface area (Å²) in [7, 11) is 1.92. The smallest absolute Gasteiger partial charge is 0.246 e. The number of aromatic nitrogens is 5. The number of hydrogen-bond acceptors (Lipinski definition) is 7. The summed E-state index contributed by atoms with van der Waals surface area (Å²) in [5, 5.41) is 22.8. The SMILES string of the molecule is Cn1cnnc1-c1cc(Cl)ccc1-c1cc(-c2nc3cc(CNCC4(O)CCC4)ccc3o2)nc(C2CC2)c1. The Labute approximate surface area is 231 Å². The Morgan fingerprint density at radius 2 is 1.95 bits per heavy atom. The Bertz CT molecular complexity index is 1680. The lowest BCUT2D eigenvalue weighted by Crippen LogP contribution is -2.45. The van der Waals surface area contributed by atoms with Crippen LogP contribution in [0.3, 0.4) is 0 Å². The highest BCUT2D eigenvalue weighted by Gasteiger charge is 2.33. The van der Waals surface area contributed by atoms with Gasteiger partial charge >= 0.3 is 0 Å². The summed E-state index contributed by atoms with van der Waals surface area (Å²) in [6.07, 6.45) is 6.79. The number of fused-ring (bicyclic) bond motifs is 1. The number of benzene rings is 2. The van der Waals surface area contributed by atoms with E-state index >= 15 is 0 Å². The van der Waals surface area contributed by atoms with Crippen molar-refractivity contribution in [2.24, 2.45) is 7.05 Å². The van der Waals surface area contributed by atoms with Crippen molar-refractivity contribution in [1.82, 2.24) is 30.0 Å². The Balaban J connectivity index is 1.24. The number of hydrogen-bond donors (Lipinski definition) is 2. The van der Waals surface area contributed by atoms with Crippen molar-refractivity contribution < 1.29 is 9.52 Å². The maximum absolute atomic E-state index is 10.3. The van der Waals surface area contributed by atoms with Gasteiger partial charge in [0.05, 0.1) is 5.60 Å². The second-order valence-electron chi connectivity index (χ2n) is 10.9. The quantitative estimate of drug-likeness (QED) is 0.253. The van der Waals surface area contributed by atoms with Crippen LogP contribution >= 0.6 is 11.6 Å². The van der Waals surface area contributed by atoms with E-state index in [4.69, 9.17) is 26.0 Å². The standard InChI is InChI=1S/C30H29ClN6O2/c1-37-17-33-36-28(37)23-14-21(31)6-7-22(23)20-12-24(19-4-5-19)34-26(13-20)29-35-25-11-18(3-8-27(25)39-29)15-32-16-30(38)9-2-10-30/h3,6-8,11-14,17,19,32,38H,2,4-5,9-10,15-16H2,1H3. The van der Waals surface area contributed by atoms with E-state index in [0.29, 0.717) is 35.6 Å². The molecule has 2 aromatic carbocycles. The number of oxazole rings is 1. The summed E-state index contributed by atoms with van der Waals surface area (Å²) in [4.78, 5) is 9.80. The molecule has 2 N–H and O–H groups in total. The first-order valence-corrected chi connectivity index (χ1v) is 13.8. The first-order chi connectivity index (χ1) is 18.9. The predicted octanol–water partition coefficient (Wildman–Crippen LogP) is 5.89. The van der Waals surface area contributed by atoms with Crippen molar-refractivity contribution >= 4 is 22.7 Å². The maximum Gasteiger partial charge on any atom is 0.246 e. The summed E-state index contributed by atoms with van der Waals surface area (Å²) >= 11 is 6.40. The molecule has 0 radical (unpaired) electrons. The first kappa shape index (κ1) is 24.5. The highest BCUT2D eigenvalue weighted by atomic mass is 35.5. The van der Waals surface area contributed by atoms with Crippen molar-refractivity contribution in [3.05, 3.63) is 71.1 Å². The summed E-state index contributed by atoms with van der Waals surface area (Å²) in [5.74, 6) is 1.69. The normalized spacial score (nSPS) is 16.5. The lowest BCUT2D eigenvalue weighted by Gasteiger charge is -2.36. The minimum absolute atomic E-state index is 0.446. The molecule has 0 atom stereocenters. The topological polar surface area (TPSA) is 102 Å². The van der Waals surface area contributed by atoms with Crippen LogP contribution in [0.4, 0.5) is 0 Å². The molecule has 7 rings (SSSR count). The van der Waals surface area contributed by atoms with Gasteiger partial charge in [-0.05, 0) is 85.2 Å². The van der Waals surface area contributed by atoms with Crippen molar-refractivity contribution in [2.75, 3.05) is 6.54 Å². The van der Waals surface area contributed by atoms with Crippen molar-refractivity contribution in [3.63, 3.8) is 0 Å². The molecule has 3 heterocycles. The Morgan fingerprint density at radius 3 is 2.69 bits per heavy atom. The third-order valence-corrected chi connectivity index (χ3v) is 8.06. The first-order valence-electron chi connectivity index (χ1n) is 13.4. The van der Waals surface area contributed by atoms with Gasteiger partial charge < -0.3 is 19.4 Å². The van der Waals surface area contributed by atoms with E-state index in [1.807, 2.05) is 54.1 Å². The molecule has 2 aliphatic carbocycles. The minimum Gasteiger partial charge on any atom is -0.435 e. The van der Waals surface area contributed by atoms with Crippen LogP contribution < -0.4 is 5.32 Å². The number of nitrogens with one attached hydrogen (secondary N) is 1. The molecular formula is C30H29ClN6O2. The fourth-order valence-corrected chi connectivity index (χ4v) is 5.45. The second-order valence-corrected chi connectivity index (χ2v) is 11.3. The largest absolute Gasteiger partial charge is 0.435 e. The van der Waals surface area contributed by atoms with Crippen LogP contribution in [0, 0.1) is 0 Å². The van der Waals surface area contributed by atoms with Gasteiger partial charge in [-0.15, -0.1) is 10.2 Å². The highest BCUT2D eigenvalue weighted by molar-refractivity contribution is 6.31. The molecule has 9 heteroatoms. The number of nitrogens with zero attached hydrogens (tertiary/aromatic N) is 5. The van der Waals surface area contributed by atoms with Gasteiger partial charge in [0.25, 0.3) is 0 Å². The Morgan fingerprint density at radius 1 is 1.08 bits per heavy atom. The number of pyridine rings is 1. The number of aryl methyl sites for hydroxylation is 1. The van der Waals surface area contributed by atoms with Gasteiger partial charge in [0, 0.05) is 42.3 Å². The maximum atomic E-state index is 10.3. The molecule has 2 saturated carbocycles.